The molecule has 1 N–H and O–H groups in total. The largest absolute Gasteiger partial charge is 0.347 e. The molecule has 0 radical (unpaired) electrons. The molecule has 1 atom stereocenters. The van der Waals surface area contributed by atoms with Gasteiger partial charge >= 0.3 is 5.69 Å². The molecule has 1 unspecified atom stereocenters. The second-order valence-electron chi connectivity index (χ2n) is 4.74. The molecule has 0 saturated heterocycles. The van der Waals surface area contributed by atoms with Gasteiger partial charge in [0.1, 0.15) is 0 Å². The molecule has 0 spiro atoms. The number of rotatable bonds is 4. The Kier molecular flexibility index (Phi) is 4.12. The lowest BCUT2D eigenvalue weighted by Crippen LogP contribution is -2.29. The quantitative estimate of drug-likeness (QED) is 0.909. The van der Waals surface area contributed by atoms with E-state index in [-0.39, 0.29) is 11.7 Å². The maximum absolute atomic E-state index is 11.6. The number of likely N-dealkylation sites (N-methyl/N-ethyl adjacent to an activating group) is 1. The number of aromatic nitrogens is 2. The van der Waals surface area contributed by atoms with Crippen LogP contribution < -0.4 is 11.0 Å². The molecule has 0 bridgehead atoms. The summed E-state index contributed by atoms with van der Waals surface area (Å²) in [7, 11) is 1.90. The van der Waals surface area contributed by atoms with E-state index in [1.54, 1.807) is 16.8 Å². The van der Waals surface area contributed by atoms with Crippen molar-refractivity contribution in [3.8, 4) is 0 Å². The number of nitrogens with one attached hydrogen (secondary N) is 1. The van der Waals surface area contributed by atoms with E-state index < -0.39 is 0 Å². The fraction of sp³-hybridized carbons (Fsp3) is 0.333. The normalized spacial score (nSPS) is 12.4. The van der Waals surface area contributed by atoms with Gasteiger partial charge in [0.05, 0.1) is 6.04 Å². The van der Waals surface area contributed by atoms with Crippen LogP contribution >= 0.6 is 0 Å². The molecule has 1 aromatic heterocycles. The fourth-order valence-electron chi connectivity index (χ4n) is 2.07. The van der Waals surface area contributed by atoms with E-state index in [0.29, 0.717) is 6.54 Å². The molecule has 0 aliphatic heterocycles. The van der Waals surface area contributed by atoms with E-state index in [2.05, 4.69) is 42.3 Å². The molecule has 4 nitrogen and oxygen atoms in total. The summed E-state index contributed by atoms with van der Waals surface area (Å²) in [6.07, 6.45) is 3.28. The van der Waals surface area contributed by atoms with Crippen molar-refractivity contribution in [2.24, 2.45) is 0 Å². The third-order valence-electron chi connectivity index (χ3n) is 3.44. The topological polar surface area (TPSA) is 46.9 Å². The first-order chi connectivity index (χ1) is 9.11. The van der Waals surface area contributed by atoms with Crippen LogP contribution in [0.4, 0.5) is 0 Å². The highest BCUT2D eigenvalue weighted by molar-refractivity contribution is 5.31. The van der Waals surface area contributed by atoms with E-state index in [4.69, 9.17) is 0 Å². The number of aryl methyl sites for hydroxylation is 2. The summed E-state index contributed by atoms with van der Waals surface area (Å²) < 4.78 is 1.62. The van der Waals surface area contributed by atoms with Crippen LogP contribution in [-0.4, -0.2) is 16.6 Å². The van der Waals surface area contributed by atoms with Gasteiger partial charge in [0.2, 0.25) is 0 Å². The summed E-state index contributed by atoms with van der Waals surface area (Å²) in [5.41, 5.74) is 3.50. The molecular formula is C15H19N3O. The number of nitrogens with zero attached hydrogens (tertiary/aromatic N) is 2. The Balaban J connectivity index is 2.28. The van der Waals surface area contributed by atoms with Gasteiger partial charge in [-0.2, -0.15) is 0 Å². The molecule has 2 rings (SSSR count). The number of hydrogen-bond acceptors (Lipinski definition) is 3. The molecule has 1 heterocycles. The lowest BCUT2D eigenvalue weighted by atomic mass is 10.0. The summed E-state index contributed by atoms with van der Waals surface area (Å²) in [5.74, 6) is 0. The van der Waals surface area contributed by atoms with Gasteiger partial charge in [0.25, 0.3) is 0 Å². The highest BCUT2D eigenvalue weighted by atomic mass is 16.1. The van der Waals surface area contributed by atoms with Crippen LogP contribution in [0.15, 0.2) is 41.5 Å². The molecular weight excluding hydrogens is 238 g/mol. The molecule has 4 heteroatoms. The minimum Gasteiger partial charge on any atom is -0.312 e. The SMILES string of the molecule is CNC(Cn1cccnc1=O)c1ccc(C)c(C)c1. The van der Waals surface area contributed by atoms with Gasteiger partial charge in [-0.25, -0.2) is 9.78 Å². The van der Waals surface area contributed by atoms with Crippen LogP contribution in [0.5, 0.6) is 0 Å². The predicted molar refractivity (Wildman–Crippen MR) is 76.2 cm³/mol. The van der Waals surface area contributed by atoms with Crippen molar-refractivity contribution in [2.75, 3.05) is 7.05 Å². The molecule has 0 aliphatic carbocycles. The minimum atomic E-state index is -0.216. The first-order valence-electron chi connectivity index (χ1n) is 6.37. The van der Waals surface area contributed by atoms with E-state index in [9.17, 15) is 4.79 Å². The van der Waals surface area contributed by atoms with Crippen LogP contribution in [0.25, 0.3) is 0 Å². The Bertz CT molecular complexity index is 619. The first kappa shape index (κ1) is 13.5. The van der Waals surface area contributed by atoms with Crippen molar-refractivity contribution in [2.45, 2.75) is 26.4 Å². The van der Waals surface area contributed by atoms with Crippen LogP contribution in [0.2, 0.25) is 0 Å². The van der Waals surface area contributed by atoms with Gasteiger partial charge in [0, 0.05) is 18.9 Å². The Morgan fingerprint density at radius 3 is 2.74 bits per heavy atom. The Hall–Kier alpha value is -1.94. The fourth-order valence-corrected chi connectivity index (χ4v) is 2.07. The monoisotopic (exact) mass is 257 g/mol. The molecule has 0 amide bonds. The highest BCUT2D eigenvalue weighted by Crippen LogP contribution is 2.18. The second kappa shape index (κ2) is 5.80. The van der Waals surface area contributed by atoms with Crippen molar-refractivity contribution in [1.29, 1.82) is 0 Å². The van der Waals surface area contributed by atoms with Crippen molar-refractivity contribution in [3.05, 3.63) is 63.8 Å². The molecule has 1 aromatic carbocycles. The Labute approximate surface area is 113 Å². The standard InChI is InChI=1S/C15H19N3O/c1-11-5-6-13(9-12(11)2)14(16-3)10-18-8-4-7-17-15(18)19/h4-9,14,16H,10H2,1-3H3. The highest BCUT2D eigenvalue weighted by Gasteiger charge is 2.11. The third-order valence-corrected chi connectivity index (χ3v) is 3.44. The summed E-state index contributed by atoms with van der Waals surface area (Å²) >= 11 is 0. The van der Waals surface area contributed by atoms with E-state index in [1.165, 1.54) is 22.9 Å². The summed E-state index contributed by atoms with van der Waals surface area (Å²) in [5, 5.41) is 3.25. The smallest absolute Gasteiger partial charge is 0.312 e. The van der Waals surface area contributed by atoms with Crippen LogP contribution in [0, 0.1) is 13.8 Å². The number of hydrogen-bond donors (Lipinski definition) is 1. The van der Waals surface area contributed by atoms with Gasteiger partial charge in [-0.3, -0.25) is 4.57 Å². The van der Waals surface area contributed by atoms with Gasteiger partial charge in [0.15, 0.2) is 0 Å². The zero-order chi connectivity index (χ0) is 13.8. The Morgan fingerprint density at radius 2 is 2.11 bits per heavy atom. The minimum absolute atomic E-state index is 0.0983. The molecule has 100 valence electrons. The third kappa shape index (κ3) is 3.09. The maximum atomic E-state index is 11.6. The van der Waals surface area contributed by atoms with Crippen LogP contribution in [0.1, 0.15) is 22.7 Å². The van der Waals surface area contributed by atoms with Crippen molar-refractivity contribution < 1.29 is 0 Å². The maximum Gasteiger partial charge on any atom is 0.347 e. The van der Waals surface area contributed by atoms with Gasteiger partial charge < -0.3 is 5.32 Å². The average molecular weight is 257 g/mol. The molecule has 19 heavy (non-hydrogen) atoms. The first-order valence-corrected chi connectivity index (χ1v) is 6.37. The lowest BCUT2D eigenvalue weighted by Gasteiger charge is -2.18. The second-order valence-corrected chi connectivity index (χ2v) is 4.74. The van der Waals surface area contributed by atoms with Crippen molar-refractivity contribution in [3.63, 3.8) is 0 Å². The van der Waals surface area contributed by atoms with Crippen LogP contribution in [0.3, 0.4) is 0 Å². The van der Waals surface area contributed by atoms with E-state index >= 15 is 0 Å². The zero-order valence-electron chi connectivity index (χ0n) is 11.6. The van der Waals surface area contributed by atoms with Crippen molar-refractivity contribution >= 4 is 0 Å². The molecule has 0 aliphatic rings. The zero-order valence-corrected chi connectivity index (χ0v) is 11.6. The summed E-state index contributed by atoms with van der Waals surface area (Å²) in [4.78, 5) is 15.4. The van der Waals surface area contributed by atoms with Gasteiger partial charge in [-0.05, 0) is 43.7 Å². The average Bonchev–Trinajstić information content (AvgIpc) is 2.41. The van der Waals surface area contributed by atoms with Crippen LogP contribution in [-0.2, 0) is 6.54 Å². The Morgan fingerprint density at radius 1 is 1.32 bits per heavy atom. The van der Waals surface area contributed by atoms with E-state index in [0.717, 1.165) is 0 Å². The summed E-state index contributed by atoms with van der Waals surface area (Å²) in [6.45, 7) is 4.77. The predicted octanol–water partition coefficient (Wildman–Crippen LogP) is 1.82. The summed E-state index contributed by atoms with van der Waals surface area (Å²) in [6, 6.07) is 8.25. The van der Waals surface area contributed by atoms with Gasteiger partial charge in [-0.15, -0.1) is 0 Å². The molecule has 2 aromatic rings. The van der Waals surface area contributed by atoms with Gasteiger partial charge in [-0.1, -0.05) is 18.2 Å². The van der Waals surface area contributed by atoms with E-state index in [1.807, 2.05) is 7.05 Å². The van der Waals surface area contributed by atoms with Crippen molar-refractivity contribution in [1.82, 2.24) is 14.9 Å². The lowest BCUT2D eigenvalue weighted by molar-refractivity contribution is 0.484. The molecule has 0 saturated carbocycles. The number of benzene rings is 1. The molecule has 0 fully saturated rings.